The Hall–Kier alpha value is -2.81. The van der Waals surface area contributed by atoms with Crippen molar-refractivity contribution in [3.8, 4) is 0 Å². The fraction of sp³-hybridized carbons (Fsp3) is 0.500. The molecule has 0 unspecified atom stereocenters. The summed E-state index contributed by atoms with van der Waals surface area (Å²) in [6.07, 6.45) is -8.09. The van der Waals surface area contributed by atoms with E-state index in [0.29, 0.717) is 16.9 Å². The molecule has 1 N–H and O–H groups in total. The van der Waals surface area contributed by atoms with Crippen molar-refractivity contribution in [3.63, 3.8) is 0 Å². The third-order valence-corrected chi connectivity index (χ3v) is 4.65. The van der Waals surface area contributed by atoms with Crippen molar-refractivity contribution >= 4 is 11.4 Å². The lowest BCUT2D eigenvalue weighted by Crippen LogP contribution is -2.34. The number of piperidine rings is 1. The summed E-state index contributed by atoms with van der Waals surface area (Å²) in [4.78, 5) is 7.62. The van der Waals surface area contributed by atoms with Crippen molar-refractivity contribution in [2.75, 3.05) is 24.5 Å². The standard InChI is InChI=1S/C18H17F6N5O/c1-25-14-3-2-12(8-13(14)18(22,23)24)29(10-17(19,20)21)9-15-27-16(30-28-15)11-4-6-26-7-5-11/h2-3,8,11,26H,4-7,9-10H2. The molecule has 2 aromatic rings. The molecule has 12 heteroatoms. The van der Waals surface area contributed by atoms with E-state index in [-0.39, 0.29) is 17.4 Å². The van der Waals surface area contributed by atoms with Gasteiger partial charge in [-0.2, -0.15) is 31.3 Å². The highest BCUT2D eigenvalue weighted by molar-refractivity contribution is 5.62. The van der Waals surface area contributed by atoms with Crippen molar-refractivity contribution in [1.82, 2.24) is 15.5 Å². The minimum Gasteiger partial charge on any atom is -0.355 e. The second kappa shape index (κ2) is 8.51. The number of aromatic nitrogens is 2. The van der Waals surface area contributed by atoms with E-state index in [4.69, 9.17) is 11.1 Å². The van der Waals surface area contributed by atoms with Crippen molar-refractivity contribution < 1.29 is 30.9 Å². The summed E-state index contributed by atoms with van der Waals surface area (Å²) in [5, 5.41) is 6.87. The predicted molar refractivity (Wildman–Crippen MR) is 94.0 cm³/mol. The average Bonchev–Trinajstić information content (AvgIpc) is 3.14. The first-order chi connectivity index (χ1) is 14.1. The van der Waals surface area contributed by atoms with Crippen molar-refractivity contribution in [3.05, 3.63) is 46.9 Å². The third kappa shape index (κ3) is 5.41. The van der Waals surface area contributed by atoms with Gasteiger partial charge in [0.05, 0.1) is 18.7 Å². The van der Waals surface area contributed by atoms with Crippen LogP contribution in [0.4, 0.5) is 37.7 Å². The van der Waals surface area contributed by atoms with E-state index in [2.05, 4.69) is 20.3 Å². The van der Waals surface area contributed by atoms with Crippen LogP contribution in [0.3, 0.4) is 0 Å². The number of rotatable bonds is 5. The zero-order chi connectivity index (χ0) is 21.9. The molecular formula is C18H17F6N5O. The lowest BCUT2D eigenvalue weighted by Gasteiger charge is -2.25. The maximum Gasteiger partial charge on any atom is 0.407 e. The van der Waals surface area contributed by atoms with E-state index in [1.165, 1.54) is 0 Å². The van der Waals surface area contributed by atoms with Crippen LogP contribution < -0.4 is 10.2 Å². The van der Waals surface area contributed by atoms with Gasteiger partial charge in [-0.15, -0.1) is 0 Å². The molecule has 2 heterocycles. The number of anilines is 1. The summed E-state index contributed by atoms with van der Waals surface area (Å²) in [7, 11) is 0. The summed E-state index contributed by atoms with van der Waals surface area (Å²) in [5.74, 6) is 0.228. The maximum atomic E-state index is 13.2. The molecule has 1 saturated heterocycles. The smallest absolute Gasteiger partial charge is 0.355 e. The molecule has 1 aliphatic heterocycles. The van der Waals surface area contributed by atoms with Gasteiger partial charge in [-0.25, -0.2) is 4.85 Å². The first-order valence-electron chi connectivity index (χ1n) is 9.00. The number of benzene rings is 1. The van der Waals surface area contributed by atoms with Crippen LogP contribution in [0, 0.1) is 6.57 Å². The van der Waals surface area contributed by atoms with Crippen LogP contribution in [0.2, 0.25) is 0 Å². The third-order valence-electron chi connectivity index (χ3n) is 4.65. The maximum absolute atomic E-state index is 13.2. The van der Waals surface area contributed by atoms with Crippen LogP contribution in [0.1, 0.15) is 36.0 Å². The van der Waals surface area contributed by atoms with E-state index >= 15 is 0 Å². The fourth-order valence-electron chi connectivity index (χ4n) is 3.24. The molecule has 1 aromatic carbocycles. The van der Waals surface area contributed by atoms with Gasteiger partial charge in [0.15, 0.2) is 11.5 Å². The Labute approximate surface area is 167 Å². The lowest BCUT2D eigenvalue weighted by atomic mass is 9.98. The van der Waals surface area contributed by atoms with Gasteiger partial charge in [0.25, 0.3) is 0 Å². The summed E-state index contributed by atoms with van der Waals surface area (Å²) in [5.41, 5.74) is -2.34. The molecule has 1 fully saturated rings. The minimum atomic E-state index is -4.88. The van der Waals surface area contributed by atoms with E-state index in [0.717, 1.165) is 38.1 Å². The monoisotopic (exact) mass is 433 g/mol. The molecular weight excluding hydrogens is 416 g/mol. The predicted octanol–water partition coefficient (Wildman–Crippen LogP) is 4.68. The normalized spacial score (nSPS) is 15.8. The van der Waals surface area contributed by atoms with Crippen LogP contribution in [0.25, 0.3) is 4.85 Å². The highest BCUT2D eigenvalue weighted by Gasteiger charge is 2.36. The number of nitrogens with one attached hydrogen (secondary N) is 1. The van der Waals surface area contributed by atoms with E-state index in [9.17, 15) is 26.3 Å². The van der Waals surface area contributed by atoms with E-state index in [1.54, 1.807) is 0 Å². The minimum absolute atomic E-state index is 0.0154. The molecule has 0 aliphatic carbocycles. The van der Waals surface area contributed by atoms with Crippen LogP contribution in [0.5, 0.6) is 0 Å². The number of alkyl halides is 6. The Bertz CT molecular complexity index is 911. The zero-order valence-electron chi connectivity index (χ0n) is 15.5. The zero-order valence-corrected chi connectivity index (χ0v) is 15.5. The van der Waals surface area contributed by atoms with Crippen molar-refractivity contribution in [1.29, 1.82) is 0 Å². The molecule has 30 heavy (non-hydrogen) atoms. The summed E-state index contributed by atoms with van der Waals surface area (Å²) in [6.45, 7) is 6.34. The first-order valence-corrected chi connectivity index (χ1v) is 9.00. The molecule has 162 valence electrons. The number of halogens is 6. The first kappa shape index (κ1) is 21.9. The van der Waals surface area contributed by atoms with Crippen molar-refractivity contribution in [2.45, 2.75) is 37.7 Å². The molecule has 0 radical (unpaired) electrons. The van der Waals surface area contributed by atoms with Crippen LogP contribution in [0.15, 0.2) is 22.7 Å². The van der Waals surface area contributed by atoms with Gasteiger partial charge >= 0.3 is 12.4 Å². The largest absolute Gasteiger partial charge is 0.407 e. The van der Waals surface area contributed by atoms with Gasteiger partial charge in [-0.05, 0) is 38.1 Å². The SMILES string of the molecule is [C-]#[N+]c1ccc(N(Cc2noc(C3CCNCC3)n2)CC(F)(F)F)cc1C(F)(F)F. The Morgan fingerprint density at radius 1 is 1.17 bits per heavy atom. The van der Waals surface area contributed by atoms with E-state index < -0.39 is 36.7 Å². The van der Waals surface area contributed by atoms with Crippen LogP contribution in [-0.4, -0.2) is 36.0 Å². The van der Waals surface area contributed by atoms with Gasteiger partial charge in [-0.1, -0.05) is 11.2 Å². The molecule has 0 bridgehead atoms. The summed E-state index contributed by atoms with van der Waals surface area (Å²) >= 11 is 0. The molecule has 0 amide bonds. The molecule has 0 saturated carbocycles. The van der Waals surface area contributed by atoms with Crippen LogP contribution >= 0.6 is 0 Å². The number of hydrogen-bond acceptors (Lipinski definition) is 5. The lowest BCUT2D eigenvalue weighted by molar-refractivity contribution is -0.136. The molecule has 0 spiro atoms. The highest BCUT2D eigenvalue weighted by atomic mass is 19.4. The Morgan fingerprint density at radius 3 is 2.47 bits per heavy atom. The quantitative estimate of drug-likeness (QED) is 0.549. The summed E-state index contributed by atoms with van der Waals surface area (Å²) < 4.78 is 84.1. The van der Waals surface area contributed by atoms with Gasteiger partial charge < -0.3 is 14.7 Å². The topological polar surface area (TPSA) is 58.6 Å². The molecule has 3 rings (SSSR count). The van der Waals surface area contributed by atoms with Gasteiger partial charge in [0, 0.05) is 11.6 Å². The molecule has 1 aromatic heterocycles. The van der Waals surface area contributed by atoms with Crippen molar-refractivity contribution in [2.24, 2.45) is 0 Å². The molecule has 1 aliphatic rings. The highest BCUT2D eigenvalue weighted by Crippen LogP contribution is 2.39. The number of nitrogens with zero attached hydrogens (tertiary/aromatic N) is 4. The van der Waals surface area contributed by atoms with Gasteiger partial charge in [0.2, 0.25) is 5.89 Å². The summed E-state index contributed by atoms with van der Waals surface area (Å²) in [6, 6.07) is 2.43. The van der Waals surface area contributed by atoms with Gasteiger partial charge in [-0.3, -0.25) is 0 Å². The Balaban J connectivity index is 1.89. The van der Waals surface area contributed by atoms with Gasteiger partial charge in [0.1, 0.15) is 6.54 Å². The Morgan fingerprint density at radius 2 is 1.87 bits per heavy atom. The fourth-order valence-corrected chi connectivity index (χ4v) is 3.24. The Kier molecular flexibility index (Phi) is 6.21. The van der Waals surface area contributed by atoms with Crippen LogP contribution in [-0.2, 0) is 12.7 Å². The second-order valence-corrected chi connectivity index (χ2v) is 6.86. The molecule has 0 atom stereocenters. The number of hydrogen-bond donors (Lipinski definition) is 1. The van der Waals surface area contributed by atoms with E-state index in [1.807, 2.05) is 0 Å². The average molecular weight is 433 g/mol. The molecule has 6 nitrogen and oxygen atoms in total. The second-order valence-electron chi connectivity index (χ2n) is 6.86.